The fourth-order valence-electron chi connectivity index (χ4n) is 1.87. The fraction of sp³-hybridized carbons (Fsp3) is 0.462. The molecule has 2 nitrogen and oxygen atoms in total. The van der Waals surface area contributed by atoms with E-state index in [1.807, 2.05) is 12.1 Å². The van der Waals surface area contributed by atoms with Gasteiger partial charge in [-0.25, -0.2) is 0 Å². The summed E-state index contributed by atoms with van der Waals surface area (Å²) in [5.74, 6) is -0.00414. The van der Waals surface area contributed by atoms with Gasteiger partial charge in [-0.15, -0.1) is 0 Å². The Hall–Kier alpha value is -0.803. The average molecular weight is 268 g/mol. The van der Waals surface area contributed by atoms with Crippen LogP contribution >= 0.6 is 11.6 Å². The van der Waals surface area contributed by atoms with Crippen LogP contribution in [0.3, 0.4) is 0 Å². The second kappa shape index (κ2) is 4.46. The summed E-state index contributed by atoms with van der Waals surface area (Å²) in [4.78, 5) is 12.2. The van der Waals surface area contributed by atoms with Crippen molar-refractivity contribution in [1.29, 1.82) is 0 Å². The van der Waals surface area contributed by atoms with Crippen LogP contribution in [0.1, 0.15) is 23.2 Å². The van der Waals surface area contributed by atoms with Gasteiger partial charge in [-0.1, -0.05) is 43.4 Å². The Balaban J connectivity index is 2.39. The minimum atomic E-state index is -1.55. The number of nitrogens with one attached hydrogen (secondary N) is 1. The quantitative estimate of drug-likeness (QED) is 0.839. The van der Waals surface area contributed by atoms with Crippen LogP contribution in [0.25, 0.3) is 0 Å². The van der Waals surface area contributed by atoms with Gasteiger partial charge in [0.2, 0.25) is 0 Å². The van der Waals surface area contributed by atoms with Crippen LogP contribution in [0.4, 0.5) is 0 Å². The maximum atomic E-state index is 12.2. The lowest BCUT2D eigenvalue weighted by Crippen LogP contribution is -2.43. The molecule has 1 aliphatic carbocycles. The molecule has 1 saturated carbocycles. The lowest BCUT2D eigenvalue weighted by Gasteiger charge is -2.21. The first-order chi connectivity index (χ1) is 7.89. The molecular weight excluding hydrogens is 250 g/mol. The number of amides is 1. The van der Waals surface area contributed by atoms with Crippen LogP contribution in [0.5, 0.6) is 0 Å². The van der Waals surface area contributed by atoms with Crippen molar-refractivity contribution in [3.8, 4) is 0 Å². The number of carbonyl (C=O) groups excluding carboxylic acids is 1. The Morgan fingerprint density at radius 2 is 2.00 bits per heavy atom. The molecule has 0 aliphatic heterocycles. The highest BCUT2D eigenvalue weighted by Crippen LogP contribution is 2.22. The molecule has 1 amide bonds. The molecule has 0 spiro atoms. The summed E-state index contributed by atoms with van der Waals surface area (Å²) >= 11 is 6.20. The first kappa shape index (κ1) is 12.6. The van der Waals surface area contributed by atoms with Gasteiger partial charge < -0.3 is 5.32 Å². The van der Waals surface area contributed by atoms with Crippen LogP contribution in [-0.4, -0.2) is 20.0 Å². The van der Waals surface area contributed by atoms with Gasteiger partial charge in [0.15, 0.2) is 0 Å². The molecule has 17 heavy (non-hydrogen) atoms. The van der Waals surface area contributed by atoms with Crippen molar-refractivity contribution in [3.63, 3.8) is 0 Å². The molecular formula is C13H18ClNOSi. The number of carbonyl (C=O) groups is 1. The standard InChI is InChI=1S/C13H18ClNOSi/c1-17(2,3)11-6-4-5-10(14)12(11)13(16)15-9-7-8-9/h4-6,9H,7-8H2,1-3H3,(H,15,16). The smallest absolute Gasteiger partial charge is 0.252 e. The number of halogens is 1. The van der Waals surface area contributed by atoms with Crippen molar-refractivity contribution in [1.82, 2.24) is 5.32 Å². The van der Waals surface area contributed by atoms with Crippen LogP contribution in [0.15, 0.2) is 18.2 Å². The molecule has 4 heteroatoms. The molecule has 1 fully saturated rings. The third kappa shape index (κ3) is 2.90. The zero-order valence-corrected chi connectivity index (χ0v) is 12.3. The van der Waals surface area contributed by atoms with Crippen molar-refractivity contribution in [2.24, 2.45) is 0 Å². The molecule has 1 N–H and O–H groups in total. The van der Waals surface area contributed by atoms with Gasteiger partial charge in [0, 0.05) is 6.04 Å². The lowest BCUT2D eigenvalue weighted by atomic mass is 10.2. The Morgan fingerprint density at radius 1 is 1.35 bits per heavy atom. The zero-order valence-electron chi connectivity index (χ0n) is 10.5. The number of rotatable bonds is 3. The molecule has 0 bridgehead atoms. The molecule has 1 aromatic carbocycles. The van der Waals surface area contributed by atoms with Crippen molar-refractivity contribution in [2.45, 2.75) is 38.5 Å². The van der Waals surface area contributed by atoms with E-state index in [1.165, 1.54) is 0 Å². The zero-order chi connectivity index (χ0) is 12.6. The Kier molecular flexibility index (Phi) is 3.32. The molecule has 0 radical (unpaired) electrons. The maximum Gasteiger partial charge on any atom is 0.252 e. The normalized spacial score (nSPS) is 15.8. The molecule has 1 aromatic rings. The Morgan fingerprint density at radius 3 is 2.53 bits per heavy atom. The largest absolute Gasteiger partial charge is 0.349 e. The van der Waals surface area contributed by atoms with Gasteiger partial charge in [0.25, 0.3) is 5.91 Å². The monoisotopic (exact) mass is 267 g/mol. The minimum Gasteiger partial charge on any atom is -0.349 e. The van der Waals surface area contributed by atoms with E-state index in [2.05, 4.69) is 25.0 Å². The Bertz CT molecular complexity index is 449. The maximum absolute atomic E-state index is 12.2. The molecule has 2 rings (SSSR count). The molecule has 1 aliphatic rings. The highest BCUT2D eigenvalue weighted by Gasteiger charge is 2.29. The summed E-state index contributed by atoms with van der Waals surface area (Å²) in [6.07, 6.45) is 2.19. The van der Waals surface area contributed by atoms with E-state index in [1.54, 1.807) is 6.07 Å². The summed E-state index contributed by atoms with van der Waals surface area (Å²) in [6, 6.07) is 6.14. The van der Waals surface area contributed by atoms with E-state index in [9.17, 15) is 4.79 Å². The molecule has 0 aromatic heterocycles. The van der Waals surface area contributed by atoms with Crippen LogP contribution in [-0.2, 0) is 0 Å². The minimum absolute atomic E-state index is 0.00414. The van der Waals surface area contributed by atoms with Crippen molar-refractivity contribution in [2.75, 3.05) is 0 Å². The second-order valence-electron chi connectivity index (χ2n) is 5.66. The molecule has 0 saturated heterocycles. The number of benzene rings is 1. The topological polar surface area (TPSA) is 29.1 Å². The summed E-state index contributed by atoms with van der Waals surface area (Å²) in [6.45, 7) is 6.69. The lowest BCUT2D eigenvalue weighted by molar-refractivity contribution is 0.0952. The third-order valence-electron chi connectivity index (χ3n) is 2.96. The number of hydrogen-bond acceptors (Lipinski definition) is 1. The van der Waals surface area contributed by atoms with Gasteiger partial charge in [-0.3, -0.25) is 4.79 Å². The summed E-state index contributed by atoms with van der Waals surface area (Å²) < 4.78 is 0. The van der Waals surface area contributed by atoms with Crippen molar-refractivity contribution in [3.05, 3.63) is 28.8 Å². The highest BCUT2D eigenvalue weighted by molar-refractivity contribution is 6.89. The van der Waals surface area contributed by atoms with Gasteiger partial charge in [0.05, 0.1) is 18.7 Å². The summed E-state index contributed by atoms with van der Waals surface area (Å²) in [7, 11) is -1.55. The Labute approximate surface area is 108 Å². The van der Waals surface area contributed by atoms with Crippen molar-refractivity contribution < 1.29 is 4.79 Å². The van der Waals surface area contributed by atoms with Gasteiger partial charge in [0.1, 0.15) is 0 Å². The van der Waals surface area contributed by atoms with Gasteiger partial charge >= 0.3 is 0 Å². The fourth-order valence-corrected chi connectivity index (χ4v) is 3.80. The van der Waals surface area contributed by atoms with E-state index in [0.29, 0.717) is 16.6 Å². The van der Waals surface area contributed by atoms with Gasteiger partial charge in [-0.2, -0.15) is 0 Å². The summed E-state index contributed by atoms with van der Waals surface area (Å²) in [5.41, 5.74) is 0.695. The second-order valence-corrected chi connectivity index (χ2v) is 11.1. The molecule has 0 unspecified atom stereocenters. The average Bonchev–Trinajstić information content (AvgIpc) is 2.99. The van der Waals surface area contributed by atoms with Crippen LogP contribution < -0.4 is 10.5 Å². The number of hydrogen-bond donors (Lipinski definition) is 1. The first-order valence-corrected chi connectivity index (χ1v) is 9.87. The predicted molar refractivity (Wildman–Crippen MR) is 74.9 cm³/mol. The first-order valence-electron chi connectivity index (χ1n) is 5.99. The van der Waals surface area contributed by atoms with E-state index < -0.39 is 8.07 Å². The third-order valence-corrected chi connectivity index (χ3v) is 5.31. The van der Waals surface area contributed by atoms with E-state index in [0.717, 1.165) is 18.0 Å². The molecule has 92 valence electrons. The van der Waals surface area contributed by atoms with Crippen molar-refractivity contribution >= 4 is 30.8 Å². The van der Waals surface area contributed by atoms with E-state index in [-0.39, 0.29) is 5.91 Å². The van der Waals surface area contributed by atoms with Gasteiger partial charge in [-0.05, 0) is 24.1 Å². The summed E-state index contributed by atoms with van der Waals surface area (Å²) in [5, 5.41) is 4.74. The SMILES string of the molecule is C[Si](C)(C)c1cccc(Cl)c1C(=O)NC1CC1. The highest BCUT2D eigenvalue weighted by atomic mass is 35.5. The molecule has 0 heterocycles. The molecule has 0 atom stereocenters. The van der Waals surface area contributed by atoms with E-state index >= 15 is 0 Å². The van der Waals surface area contributed by atoms with E-state index in [4.69, 9.17) is 11.6 Å². The predicted octanol–water partition coefficient (Wildman–Crippen LogP) is 2.78. The van der Waals surface area contributed by atoms with Crippen LogP contribution in [0, 0.1) is 0 Å². The van der Waals surface area contributed by atoms with Crippen LogP contribution in [0.2, 0.25) is 24.7 Å².